The normalized spacial score (nSPS) is 10.5. The van der Waals surface area contributed by atoms with Gasteiger partial charge in [0, 0.05) is 18.0 Å². The molecule has 0 aliphatic carbocycles. The number of aryl methyl sites for hydroxylation is 1. The molecule has 15 heavy (non-hydrogen) atoms. The van der Waals surface area contributed by atoms with E-state index in [1.165, 1.54) is 0 Å². The van der Waals surface area contributed by atoms with Crippen molar-refractivity contribution in [3.63, 3.8) is 0 Å². The summed E-state index contributed by atoms with van der Waals surface area (Å²) in [5, 5.41) is 1.09. The van der Waals surface area contributed by atoms with Crippen molar-refractivity contribution in [2.75, 3.05) is 0 Å². The Kier molecular flexibility index (Phi) is 2.50. The monoisotopic (exact) mass is 199 g/mol. The van der Waals surface area contributed by atoms with E-state index < -0.39 is 0 Å². The van der Waals surface area contributed by atoms with Gasteiger partial charge >= 0.3 is 0 Å². The summed E-state index contributed by atoms with van der Waals surface area (Å²) in [6, 6.07) is 7.93. The number of ketones is 1. The van der Waals surface area contributed by atoms with E-state index in [1.54, 1.807) is 6.92 Å². The van der Waals surface area contributed by atoms with Crippen molar-refractivity contribution in [3.05, 3.63) is 41.6 Å². The molecule has 0 unspecified atom stereocenters. The molecule has 2 heteroatoms. The lowest BCUT2D eigenvalue weighted by atomic mass is 10.0. The highest BCUT2D eigenvalue weighted by atomic mass is 16.1. The predicted molar refractivity (Wildman–Crippen MR) is 60.9 cm³/mol. The van der Waals surface area contributed by atoms with Crippen LogP contribution in [0.3, 0.4) is 0 Å². The number of benzene rings is 1. The third kappa shape index (κ3) is 1.89. The van der Waals surface area contributed by atoms with Crippen LogP contribution in [-0.4, -0.2) is 10.8 Å². The molecular formula is C13H13NO. The first-order valence-electron chi connectivity index (χ1n) is 5.01. The fourth-order valence-electron chi connectivity index (χ4n) is 1.78. The Morgan fingerprint density at radius 3 is 2.80 bits per heavy atom. The summed E-state index contributed by atoms with van der Waals surface area (Å²) in [4.78, 5) is 15.5. The number of hydrogen-bond donors (Lipinski definition) is 0. The molecule has 1 aromatic heterocycles. The number of Topliss-reactive ketones (excluding diaryl/α,β-unsaturated/α-hetero) is 1. The second-order valence-electron chi connectivity index (χ2n) is 3.82. The van der Waals surface area contributed by atoms with E-state index in [-0.39, 0.29) is 5.78 Å². The van der Waals surface area contributed by atoms with Crippen molar-refractivity contribution in [2.24, 2.45) is 0 Å². The van der Waals surface area contributed by atoms with Gasteiger partial charge in [0.25, 0.3) is 0 Å². The second-order valence-corrected chi connectivity index (χ2v) is 3.82. The number of para-hydroxylation sites is 1. The van der Waals surface area contributed by atoms with E-state index in [1.807, 2.05) is 37.4 Å². The van der Waals surface area contributed by atoms with Crippen LogP contribution < -0.4 is 0 Å². The Morgan fingerprint density at radius 1 is 1.33 bits per heavy atom. The molecular weight excluding hydrogens is 186 g/mol. The number of hydrogen-bond acceptors (Lipinski definition) is 2. The minimum Gasteiger partial charge on any atom is -0.300 e. The molecule has 0 bridgehead atoms. The predicted octanol–water partition coefficient (Wildman–Crippen LogP) is 2.67. The fraction of sp³-hybridized carbons (Fsp3) is 0.231. The standard InChI is InChI=1S/C13H13NO/c1-9-8-14-13-6-4-3-5-11(13)12(9)7-10(2)15/h3-6,8H,7H2,1-2H3. The topological polar surface area (TPSA) is 30.0 Å². The average molecular weight is 199 g/mol. The zero-order chi connectivity index (χ0) is 10.8. The molecule has 0 fully saturated rings. The zero-order valence-corrected chi connectivity index (χ0v) is 8.95. The fourth-order valence-corrected chi connectivity index (χ4v) is 1.78. The molecule has 1 heterocycles. The molecule has 0 spiro atoms. The molecule has 76 valence electrons. The molecule has 1 aromatic carbocycles. The number of aromatic nitrogens is 1. The highest BCUT2D eigenvalue weighted by Crippen LogP contribution is 2.20. The Balaban J connectivity index is 2.68. The maximum atomic E-state index is 11.2. The van der Waals surface area contributed by atoms with Gasteiger partial charge in [-0.3, -0.25) is 9.78 Å². The van der Waals surface area contributed by atoms with Crippen LogP contribution in [0.4, 0.5) is 0 Å². The molecule has 0 atom stereocenters. The Bertz CT molecular complexity index is 517. The summed E-state index contributed by atoms with van der Waals surface area (Å²) >= 11 is 0. The molecule has 0 N–H and O–H groups in total. The first kappa shape index (κ1) is 9.84. The summed E-state index contributed by atoms with van der Waals surface area (Å²) in [6.07, 6.45) is 2.33. The molecule has 0 aliphatic heterocycles. The van der Waals surface area contributed by atoms with Gasteiger partial charge in [-0.1, -0.05) is 18.2 Å². The quantitative estimate of drug-likeness (QED) is 0.744. The Morgan fingerprint density at radius 2 is 2.07 bits per heavy atom. The number of carbonyl (C=O) groups is 1. The molecule has 2 rings (SSSR count). The van der Waals surface area contributed by atoms with Crippen molar-refractivity contribution in [2.45, 2.75) is 20.3 Å². The van der Waals surface area contributed by atoms with Crippen LogP contribution in [-0.2, 0) is 11.2 Å². The number of nitrogens with zero attached hydrogens (tertiary/aromatic N) is 1. The van der Waals surface area contributed by atoms with Crippen LogP contribution >= 0.6 is 0 Å². The van der Waals surface area contributed by atoms with Gasteiger partial charge in [0.15, 0.2) is 0 Å². The summed E-state index contributed by atoms with van der Waals surface area (Å²) < 4.78 is 0. The van der Waals surface area contributed by atoms with Gasteiger partial charge in [-0.2, -0.15) is 0 Å². The van der Waals surface area contributed by atoms with Gasteiger partial charge in [-0.15, -0.1) is 0 Å². The van der Waals surface area contributed by atoms with Crippen LogP contribution in [0.15, 0.2) is 30.5 Å². The third-order valence-electron chi connectivity index (χ3n) is 2.53. The van der Waals surface area contributed by atoms with Gasteiger partial charge in [-0.25, -0.2) is 0 Å². The molecule has 2 nitrogen and oxygen atoms in total. The van der Waals surface area contributed by atoms with E-state index in [0.717, 1.165) is 22.0 Å². The van der Waals surface area contributed by atoms with Gasteiger partial charge in [-0.05, 0) is 31.0 Å². The highest BCUT2D eigenvalue weighted by molar-refractivity contribution is 5.88. The van der Waals surface area contributed by atoms with Crippen molar-refractivity contribution in [1.82, 2.24) is 4.98 Å². The number of pyridine rings is 1. The molecule has 0 amide bonds. The first-order chi connectivity index (χ1) is 7.18. The highest BCUT2D eigenvalue weighted by Gasteiger charge is 2.07. The number of rotatable bonds is 2. The molecule has 0 radical (unpaired) electrons. The van der Waals surface area contributed by atoms with Crippen molar-refractivity contribution < 1.29 is 4.79 Å². The SMILES string of the molecule is CC(=O)Cc1c(C)cnc2ccccc12. The van der Waals surface area contributed by atoms with Crippen molar-refractivity contribution in [3.8, 4) is 0 Å². The minimum absolute atomic E-state index is 0.189. The second kappa shape index (κ2) is 3.81. The van der Waals surface area contributed by atoms with Crippen LogP contribution in [0, 0.1) is 6.92 Å². The van der Waals surface area contributed by atoms with Gasteiger partial charge < -0.3 is 0 Å². The molecule has 0 saturated carbocycles. The zero-order valence-electron chi connectivity index (χ0n) is 8.95. The van der Waals surface area contributed by atoms with Crippen LogP contribution in [0.1, 0.15) is 18.1 Å². The Labute approximate surface area is 89.0 Å². The largest absolute Gasteiger partial charge is 0.300 e. The minimum atomic E-state index is 0.189. The summed E-state index contributed by atoms with van der Waals surface area (Å²) in [5.41, 5.74) is 3.15. The summed E-state index contributed by atoms with van der Waals surface area (Å²) in [5.74, 6) is 0.189. The molecule has 2 aromatic rings. The maximum absolute atomic E-state index is 11.2. The maximum Gasteiger partial charge on any atom is 0.134 e. The van der Waals surface area contributed by atoms with Crippen LogP contribution in [0.25, 0.3) is 10.9 Å². The van der Waals surface area contributed by atoms with Gasteiger partial charge in [0.1, 0.15) is 5.78 Å². The smallest absolute Gasteiger partial charge is 0.134 e. The van der Waals surface area contributed by atoms with Crippen molar-refractivity contribution in [1.29, 1.82) is 0 Å². The van der Waals surface area contributed by atoms with Crippen molar-refractivity contribution >= 4 is 16.7 Å². The molecule has 0 aliphatic rings. The number of carbonyl (C=O) groups excluding carboxylic acids is 1. The van der Waals surface area contributed by atoms with E-state index in [2.05, 4.69) is 4.98 Å². The van der Waals surface area contributed by atoms with E-state index in [9.17, 15) is 4.79 Å². The Hall–Kier alpha value is -1.70. The van der Waals surface area contributed by atoms with E-state index in [4.69, 9.17) is 0 Å². The van der Waals surface area contributed by atoms with Gasteiger partial charge in [0.2, 0.25) is 0 Å². The van der Waals surface area contributed by atoms with Crippen LogP contribution in [0.2, 0.25) is 0 Å². The lowest BCUT2D eigenvalue weighted by Gasteiger charge is -2.07. The molecule has 0 saturated heterocycles. The first-order valence-corrected chi connectivity index (χ1v) is 5.01. The lowest BCUT2D eigenvalue weighted by molar-refractivity contribution is -0.116. The number of fused-ring (bicyclic) bond motifs is 1. The van der Waals surface area contributed by atoms with E-state index >= 15 is 0 Å². The lowest BCUT2D eigenvalue weighted by Crippen LogP contribution is -2.00. The van der Waals surface area contributed by atoms with Crippen LogP contribution in [0.5, 0.6) is 0 Å². The third-order valence-corrected chi connectivity index (χ3v) is 2.53. The summed E-state index contributed by atoms with van der Waals surface area (Å²) in [6.45, 7) is 3.62. The summed E-state index contributed by atoms with van der Waals surface area (Å²) in [7, 11) is 0. The van der Waals surface area contributed by atoms with Gasteiger partial charge in [0.05, 0.1) is 5.52 Å². The van der Waals surface area contributed by atoms with E-state index in [0.29, 0.717) is 6.42 Å². The average Bonchev–Trinajstić information content (AvgIpc) is 2.22.